The zero-order chi connectivity index (χ0) is 16.8. The number of aliphatic hydroxyl groups is 1. The standard InChI is InChI=1S/C18H21F2NO2/c1-12(2)23-15-7-3-5-13(9-15)17(22)11-21-10-14-6-4-8-16(19)18(14)20/h3-9,12,17,21-22H,10-11H2,1-2H3. The van der Waals surface area contributed by atoms with Crippen LogP contribution in [0.2, 0.25) is 0 Å². The maximum absolute atomic E-state index is 13.5. The van der Waals surface area contributed by atoms with E-state index in [-0.39, 0.29) is 24.8 Å². The third-order valence-electron chi connectivity index (χ3n) is 3.30. The van der Waals surface area contributed by atoms with Gasteiger partial charge < -0.3 is 15.2 Å². The largest absolute Gasteiger partial charge is 0.491 e. The highest BCUT2D eigenvalue weighted by Crippen LogP contribution is 2.20. The molecular formula is C18H21F2NO2. The summed E-state index contributed by atoms with van der Waals surface area (Å²) in [6.07, 6.45) is -0.709. The molecule has 0 radical (unpaired) electrons. The molecule has 2 rings (SSSR count). The third-order valence-corrected chi connectivity index (χ3v) is 3.30. The first-order chi connectivity index (χ1) is 11.0. The Hall–Kier alpha value is -1.98. The van der Waals surface area contributed by atoms with Gasteiger partial charge in [0.2, 0.25) is 0 Å². The van der Waals surface area contributed by atoms with Gasteiger partial charge in [0, 0.05) is 18.7 Å². The van der Waals surface area contributed by atoms with Crippen LogP contribution in [-0.2, 0) is 6.54 Å². The lowest BCUT2D eigenvalue weighted by atomic mass is 10.1. The summed E-state index contributed by atoms with van der Waals surface area (Å²) in [5.74, 6) is -1.04. The van der Waals surface area contributed by atoms with Crippen molar-refractivity contribution in [2.75, 3.05) is 6.54 Å². The lowest BCUT2D eigenvalue weighted by Gasteiger charge is -2.15. The van der Waals surface area contributed by atoms with Crippen molar-refractivity contribution in [1.82, 2.24) is 5.32 Å². The Balaban J connectivity index is 1.92. The molecule has 3 nitrogen and oxygen atoms in total. The second kappa shape index (κ2) is 8.04. The van der Waals surface area contributed by atoms with E-state index in [0.29, 0.717) is 11.3 Å². The molecule has 0 aliphatic carbocycles. The molecule has 0 aliphatic heterocycles. The number of benzene rings is 2. The Morgan fingerprint density at radius 3 is 2.61 bits per heavy atom. The molecule has 0 aliphatic rings. The maximum atomic E-state index is 13.5. The number of hydrogen-bond donors (Lipinski definition) is 2. The average molecular weight is 321 g/mol. The number of hydrogen-bond acceptors (Lipinski definition) is 3. The van der Waals surface area contributed by atoms with Gasteiger partial charge in [0.25, 0.3) is 0 Å². The lowest BCUT2D eigenvalue weighted by molar-refractivity contribution is 0.173. The van der Waals surface area contributed by atoms with Crippen LogP contribution in [0.25, 0.3) is 0 Å². The molecule has 0 heterocycles. The quantitative estimate of drug-likeness (QED) is 0.819. The molecule has 0 saturated heterocycles. The Morgan fingerprint density at radius 2 is 1.87 bits per heavy atom. The Labute approximate surface area is 134 Å². The SMILES string of the molecule is CC(C)Oc1cccc(C(O)CNCc2cccc(F)c2F)c1. The van der Waals surface area contributed by atoms with Crippen LogP contribution in [0.1, 0.15) is 31.1 Å². The fourth-order valence-electron chi connectivity index (χ4n) is 2.21. The minimum Gasteiger partial charge on any atom is -0.491 e. The van der Waals surface area contributed by atoms with E-state index in [1.165, 1.54) is 12.1 Å². The van der Waals surface area contributed by atoms with Crippen molar-refractivity contribution >= 4 is 0 Å². The van der Waals surface area contributed by atoms with E-state index >= 15 is 0 Å². The number of nitrogens with one attached hydrogen (secondary N) is 1. The van der Waals surface area contributed by atoms with Crippen molar-refractivity contribution in [2.45, 2.75) is 32.6 Å². The molecule has 5 heteroatoms. The summed E-state index contributed by atoms with van der Waals surface area (Å²) in [6, 6.07) is 11.2. The summed E-state index contributed by atoms with van der Waals surface area (Å²) in [5, 5.41) is 13.1. The van der Waals surface area contributed by atoms with E-state index in [2.05, 4.69) is 5.32 Å². The van der Waals surface area contributed by atoms with Gasteiger partial charge in [-0.05, 0) is 37.6 Å². The highest BCUT2D eigenvalue weighted by atomic mass is 19.2. The number of aliphatic hydroxyl groups excluding tert-OH is 1. The van der Waals surface area contributed by atoms with Crippen LogP contribution in [0, 0.1) is 11.6 Å². The van der Waals surface area contributed by atoms with E-state index in [4.69, 9.17) is 4.74 Å². The van der Waals surface area contributed by atoms with E-state index in [9.17, 15) is 13.9 Å². The lowest BCUT2D eigenvalue weighted by Crippen LogP contribution is -2.22. The zero-order valence-electron chi connectivity index (χ0n) is 13.2. The first-order valence-electron chi connectivity index (χ1n) is 7.55. The van der Waals surface area contributed by atoms with Gasteiger partial charge in [-0.25, -0.2) is 8.78 Å². The van der Waals surface area contributed by atoms with Crippen molar-refractivity contribution in [2.24, 2.45) is 0 Å². The molecule has 23 heavy (non-hydrogen) atoms. The molecule has 2 aromatic rings. The molecule has 124 valence electrons. The summed E-state index contributed by atoms with van der Waals surface area (Å²) in [6.45, 7) is 4.22. The van der Waals surface area contributed by atoms with Crippen LogP contribution < -0.4 is 10.1 Å². The normalized spacial score (nSPS) is 12.4. The van der Waals surface area contributed by atoms with Gasteiger partial charge in [0.1, 0.15) is 5.75 Å². The third kappa shape index (κ3) is 5.01. The first-order valence-corrected chi connectivity index (χ1v) is 7.55. The van der Waals surface area contributed by atoms with Gasteiger partial charge in [-0.2, -0.15) is 0 Å². The van der Waals surface area contributed by atoms with Crippen molar-refractivity contribution in [3.05, 3.63) is 65.2 Å². The van der Waals surface area contributed by atoms with Crippen molar-refractivity contribution in [3.8, 4) is 5.75 Å². The topological polar surface area (TPSA) is 41.5 Å². The molecule has 2 aromatic carbocycles. The second-order valence-corrected chi connectivity index (χ2v) is 5.60. The molecular weight excluding hydrogens is 300 g/mol. The zero-order valence-corrected chi connectivity index (χ0v) is 13.2. The minimum absolute atomic E-state index is 0.0523. The van der Waals surface area contributed by atoms with Crippen LogP contribution in [0.3, 0.4) is 0 Å². The summed E-state index contributed by atoms with van der Waals surface area (Å²) in [7, 11) is 0. The monoisotopic (exact) mass is 321 g/mol. The van der Waals surface area contributed by atoms with Crippen LogP contribution in [0.4, 0.5) is 8.78 Å². The fourth-order valence-corrected chi connectivity index (χ4v) is 2.21. The number of ether oxygens (including phenoxy) is 1. The summed E-state index contributed by atoms with van der Waals surface area (Å²) in [5.41, 5.74) is 0.935. The highest BCUT2D eigenvalue weighted by molar-refractivity contribution is 5.30. The van der Waals surface area contributed by atoms with Crippen LogP contribution in [-0.4, -0.2) is 17.8 Å². The van der Waals surface area contributed by atoms with Gasteiger partial charge in [0.15, 0.2) is 11.6 Å². The second-order valence-electron chi connectivity index (χ2n) is 5.60. The van der Waals surface area contributed by atoms with Gasteiger partial charge in [-0.15, -0.1) is 0 Å². The van der Waals surface area contributed by atoms with E-state index < -0.39 is 17.7 Å². The number of rotatable bonds is 7. The van der Waals surface area contributed by atoms with E-state index in [1.807, 2.05) is 26.0 Å². The minimum atomic E-state index is -0.872. The van der Waals surface area contributed by atoms with Gasteiger partial charge in [0.05, 0.1) is 12.2 Å². The maximum Gasteiger partial charge on any atom is 0.163 e. The average Bonchev–Trinajstić information content (AvgIpc) is 2.51. The molecule has 0 fully saturated rings. The molecule has 1 unspecified atom stereocenters. The Bertz CT molecular complexity index is 647. The molecule has 0 aromatic heterocycles. The van der Waals surface area contributed by atoms with Crippen LogP contribution in [0.5, 0.6) is 5.75 Å². The van der Waals surface area contributed by atoms with Gasteiger partial charge >= 0.3 is 0 Å². The summed E-state index contributed by atoms with van der Waals surface area (Å²) < 4.78 is 32.2. The Kier molecular flexibility index (Phi) is 6.07. The van der Waals surface area contributed by atoms with Crippen LogP contribution in [0.15, 0.2) is 42.5 Å². The molecule has 0 spiro atoms. The van der Waals surface area contributed by atoms with Crippen molar-refractivity contribution in [1.29, 1.82) is 0 Å². The smallest absolute Gasteiger partial charge is 0.163 e. The van der Waals surface area contributed by atoms with Crippen LogP contribution >= 0.6 is 0 Å². The predicted octanol–water partition coefficient (Wildman–Crippen LogP) is 3.58. The van der Waals surface area contributed by atoms with Gasteiger partial charge in [-0.1, -0.05) is 24.3 Å². The number of halogens is 2. The fraction of sp³-hybridized carbons (Fsp3) is 0.333. The molecule has 0 amide bonds. The Morgan fingerprint density at radius 1 is 1.13 bits per heavy atom. The molecule has 0 bridgehead atoms. The summed E-state index contributed by atoms with van der Waals surface area (Å²) in [4.78, 5) is 0. The molecule has 1 atom stereocenters. The highest BCUT2D eigenvalue weighted by Gasteiger charge is 2.11. The predicted molar refractivity (Wildman–Crippen MR) is 85.2 cm³/mol. The first kappa shape index (κ1) is 17.4. The van der Waals surface area contributed by atoms with E-state index in [0.717, 1.165) is 6.07 Å². The van der Waals surface area contributed by atoms with Gasteiger partial charge in [-0.3, -0.25) is 0 Å². The molecule has 2 N–H and O–H groups in total. The van der Waals surface area contributed by atoms with Crippen molar-refractivity contribution in [3.63, 3.8) is 0 Å². The van der Waals surface area contributed by atoms with E-state index in [1.54, 1.807) is 12.1 Å². The summed E-state index contributed by atoms with van der Waals surface area (Å²) >= 11 is 0. The molecule has 0 saturated carbocycles. The van der Waals surface area contributed by atoms with Crippen molar-refractivity contribution < 1.29 is 18.6 Å².